The van der Waals surface area contributed by atoms with Crippen molar-refractivity contribution in [2.45, 2.75) is 18.9 Å². The molecule has 21 heavy (non-hydrogen) atoms. The van der Waals surface area contributed by atoms with Gasteiger partial charge in [0.1, 0.15) is 5.75 Å². The van der Waals surface area contributed by atoms with Crippen LogP contribution < -0.4 is 10.1 Å². The molecular weight excluding hydrogens is 292 g/mol. The maximum absolute atomic E-state index is 12.1. The maximum Gasteiger partial charge on any atom is 0.251 e. The van der Waals surface area contributed by atoms with Gasteiger partial charge in [0.25, 0.3) is 5.91 Å². The zero-order valence-corrected chi connectivity index (χ0v) is 13.0. The van der Waals surface area contributed by atoms with Gasteiger partial charge in [0.2, 0.25) is 10.0 Å². The summed E-state index contributed by atoms with van der Waals surface area (Å²) in [5, 5.41) is 2.89. The van der Waals surface area contributed by atoms with Crippen molar-refractivity contribution in [1.82, 2.24) is 9.62 Å². The highest BCUT2D eigenvalue weighted by Gasteiger charge is 2.26. The second-order valence-electron chi connectivity index (χ2n) is 5.16. The van der Waals surface area contributed by atoms with Crippen LogP contribution in [0.2, 0.25) is 0 Å². The smallest absolute Gasteiger partial charge is 0.251 e. The van der Waals surface area contributed by atoms with E-state index in [-0.39, 0.29) is 11.9 Å². The largest absolute Gasteiger partial charge is 0.497 e. The lowest BCUT2D eigenvalue weighted by Gasteiger charge is -2.31. The van der Waals surface area contributed by atoms with Crippen molar-refractivity contribution in [3.63, 3.8) is 0 Å². The molecule has 1 unspecified atom stereocenters. The minimum absolute atomic E-state index is 0.150. The summed E-state index contributed by atoms with van der Waals surface area (Å²) >= 11 is 0. The fraction of sp³-hybridized carbons (Fsp3) is 0.500. The summed E-state index contributed by atoms with van der Waals surface area (Å²) in [6.07, 6.45) is 2.73. The Morgan fingerprint density at radius 3 is 2.57 bits per heavy atom. The predicted molar refractivity (Wildman–Crippen MR) is 79.9 cm³/mol. The van der Waals surface area contributed by atoms with Crippen molar-refractivity contribution in [2.24, 2.45) is 0 Å². The van der Waals surface area contributed by atoms with Crippen LogP contribution in [-0.2, 0) is 10.0 Å². The van der Waals surface area contributed by atoms with E-state index in [2.05, 4.69) is 5.32 Å². The summed E-state index contributed by atoms with van der Waals surface area (Å²) in [7, 11) is -1.64. The normalized spacial score (nSPS) is 20.0. The second kappa shape index (κ2) is 6.44. The number of nitrogens with one attached hydrogen (secondary N) is 1. The number of sulfonamides is 1. The molecule has 0 aromatic heterocycles. The van der Waals surface area contributed by atoms with Gasteiger partial charge in [-0.05, 0) is 37.1 Å². The van der Waals surface area contributed by atoms with E-state index in [1.54, 1.807) is 31.4 Å². The molecule has 2 rings (SSSR count). The summed E-state index contributed by atoms with van der Waals surface area (Å²) in [6, 6.07) is 6.66. The van der Waals surface area contributed by atoms with E-state index in [0.29, 0.717) is 24.4 Å². The van der Waals surface area contributed by atoms with Crippen LogP contribution in [0.3, 0.4) is 0 Å². The standard InChI is InChI=1S/C14H20N2O4S/c1-20-13-7-5-11(6-8-13)14(17)15-12-4-3-9-16(10-12)21(2,18)19/h5-8,12H,3-4,9-10H2,1-2H3,(H,15,17). The van der Waals surface area contributed by atoms with Gasteiger partial charge in [-0.15, -0.1) is 0 Å². The average Bonchev–Trinajstić information content (AvgIpc) is 2.47. The van der Waals surface area contributed by atoms with E-state index in [1.165, 1.54) is 10.6 Å². The Balaban J connectivity index is 1.98. The van der Waals surface area contributed by atoms with Crippen molar-refractivity contribution < 1.29 is 17.9 Å². The molecule has 1 saturated heterocycles. The van der Waals surface area contributed by atoms with E-state index >= 15 is 0 Å². The van der Waals surface area contributed by atoms with Gasteiger partial charge in [0.15, 0.2) is 0 Å². The Bertz CT molecular complexity index is 598. The maximum atomic E-state index is 12.1. The van der Waals surface area contributed by atoms with Crippen LogP contribution in [0.15, 0.2) is 24.3 Å². The zero-order valence-electron chi connectivity index (χ0n) is 12.2. The molecule has 0 bridgehead atoms. The van der Waals surface area contributed by atoms with Crippen molar-refractivity contribution >= 4 is 15.9 Å². The molecule has 1 heterocycles. The molecule has 1 aromatic carbocycles. The molecule has 0 aliphatic carbocycles. The molecule has 1 aliphatic rings. The van der Waals surface area contributed by atoms with Crippen LogP contribution >= 0.6 is 0 Å². The molecule has 0 saturated carbocycles. The topological polar surface area (TPSA) is 75.7 Å². The zero-order chi connectivity index (χ0) is 15.5. The fourth-order valence-corrected chi connectivity index (χ4v) is 3.28. The first-order valence-corrected chi connectivity index (χ1v) is 8.65. The molecule has 1 aliphatic heterocycles. The van der Waals surface area contributed by atoms with E-state index in [4.69, 9.17) is 4.74 Å². The molecule has 6 nitrogen and oxygen atoms in total. The highest BCUT2D eigenvalue weighted by Crippen LogP contribution is 2.15. The van der Waals surface area contributed by atoms with Crippen molar-refractivity contribution in [1.29, 1.82) is 0 Å². The molecule has 1 aromatic rings. The van der Waals surface area contributed by atoms with Crippen LogP contribution in [0.5, 0.6) is 5.75 Å². The van der Waals surface area contributed by atoms with Crippen LogP contribution in [0.25, 0.3) is 0 Å². The number of amides is 1. The Kier molecular flexibility index (Phi) is 4.84. The predicted octanol–water partition coefficient (Wildman–Crippen LogP) is 0.849. The monoisotopic (exact) mass is 312 g/mol. The number of carbonyl (C=O) groups excluding carboxylic acids is 1. The van der Waals surface area contributed by atoms with Gasteiger partial charge in [0, 0.05) is 24.7 Å². The molecule has 0 spiro atoms. The third-order valence-corrected chi connectivity index (χ3v) is 4.81. The fourth-order valence-electron chi connectivity index (χ4n) is 2.37. The molecular formula is C14H20N2O4S. The van der Waals surface area contributed by atoms with Crippen LogP contribution in [0, 0.1) is 0 Å². The third-order valence-electron chi connectivity index (χ3n) is 3.54. The van der Waals surface area contributed by atoms with E-state index < -0.39 is 10.0 Å². The number of carbonyl (C=O) groups is 1. The molecule has 1 fully saturated rings. The lowest BCUT2D eigenvalue weighted by molar-refractivity contribution is 0.0921. The van der Waals surface area contributed by atoms with E-state index in [9.17, 15) is 13.2 Å². The Morgan fingerprint density at radius 2 is 2.00 bits per heavy atom. The summed E-state index contributed by atoms with van der Waals surface area (Å²) in [5.41, 5.74) is 0.535. The first-order chi connectivity index (χ1) is 9.90. The lowest BCUT2D eigenvalue weighted by atomic mass is 10.1. The number of methoxy groups -OCH3 is 1. The Morgan fingerprint density at radius 1 is 1.33 bits per heavy atom. The molecule has 1 N–H and O–H groups in total. The van der Waals surface area contributed by atoms with Gasteiger partial charge >= 0.3 is 0 Å². The number of ether oxygens (including phenoxy) is 1. The lowest BCUT2D eigenvalue weighted by Crippen LogP contribution is -2.49. The Labute approximate surface area is 125 Å². The molecule has 1 atom stereocenters. The quantitative estimate of drug-likeness (QED) is 0.894. The Hall–Kier alpha value is -1.60. The minimum atomic E-state index is -3.20. The van der Waals surface area contributed by atoms with Gasteiger partial charge in [-0.25, -0.2) is 12.7 Å². The minimum Gasteiger partial charge on any atom is -0.497 e. The van der Waals surface area contributed by atoms with E-state index in [1.807, 2.05) is 0 Å². The van der Waals surface area contributed by atoms with Crippen molar-refractivity contribution in [3.05, 3.63) is 29.8 Å². The molecule has 116 valence electrons. The highest BCUT2D eigenvalue weighted by molar-refractivity contribution is 7.88. The summed E-state index contributed by atoms with van der Waals surface area (Å²) < 4.78 is 29.6. The van der Waals surface area contributed by atoms with Gasteiger partial charge in [-0.2, -0.15) is 0 Å². The number of benzene rings is 1. The summed E-state index contributed by atoms with van der Waals surface area (Å²) in [6.45, 7) is 0.856. The highest BCUT2D eigenvalue weighted by atomic mass is 32.2. The molecule has 7 heteroatoms. The van der Waals surface area contributed by atoms with Crippen LogP contribution in [0.1, 0.15) is 23.2 Å². The SMILES string of the molecule is COc1ccc(C(=O)NC2CCCN(S(C)(=O)=O)C2)cc1. The van der Waals surface area contributed by atoms with Crippen molar-refractivity contribution in [2.75, 3.05) is 26.5 Å². The number of hydrogen-bond donors (Lipinski definition) is 1. The number of rotatable bonds is 4. The second-order valence-corrected chi connectivity index (χ2v) is 7.14. The first kappa shape index (κ1) is 15.8. The molecule has 0 radical (unpaired) electrons. The average molecular weight is 312 g/mol. The molecule has 1 amide bonds. The van der Waals surface area contributed by atoms with Gasteiger partial charge in [0.05, 0.1) is 13.4 Å². The number of nitrogens with zero attached hydrogens (tertiary/aromatic N) is 1. The number of piperidine rings is 1. The van der Waals surface area contributed by atoms with Gasteiger partial charge < -0.3 is 10.1 Å². The van der Waals surface area contributed by atoms with Crippen LogP contribution in [0.4, 0.5) is 0 Å². The van der Waals surface area contributed by atoms with Gasteiger partial charge in [-0.3, -0.25) is 4.79 Å². The van der Waals surface area contributed by atoms with Crippen LogP contribution in [-0.4, -0.2) is 51.1 Å². The summed E-state index contributed by atoms with van der Waals surface area (Å²) in [5.74, 6) is 0.491. The summed E-state index contributed by atoms with van der Waals surface area (Å²) in [4.78, 5) is 12.1. The van der Waals surface area contributed by atoms with Gasteiger partial charge in [-0.1, -0.05) is 0 Å². The first-order valence-electron chi connectivity index (χ1n) is 6.80. The number of hydrogen-bond acceptors (Lipinski definition) is 4. The van der Waals surface area contributed by atoms with E-state index in [0.717, 1.165) is 12.8 Å². The van der Waals surface area contributed by atoms with Crippen molar-refractivity contribution in [3.8, 4) is 5.75 Å². The third kappa shape index (κ3) is 4.18.